The predicted octanol–water partition coefficient (Wildman–Crippen LogP) is 15.5. The fourth-order valence-corrected chi connectivity index (χ4v) is 9.45. The van der Waals surface area contributed by atoms with E-state index in [4.69, 9.17) is 4.42 Å². The second-order valence-electron chi connectivity index (χ2n) is 14.7. The summed E-state index contributed by atoms with van der Waals surface area (Å²) in [7, 11) is 0. The first-order valence-electron chi connectivity index (χ1n) is 19.0. The highest BCUT2D eigenvalue weighted by Crippen LogP contribution is 2.50. The van der Waals surface area contributed by atoms with Crippen LogP contribution in [0.1, 0.15) is 0 Å². The number of benzene rings is 11. The molecule has 1 nitrogen and oxygen atoms in total. The maximum atomic E-state index is 6.56. The Morgan fingerprint density at radius 1 is 0.255 bits per heavy atom. The molecule has 1 heterocycles. The molecule has 0 saturated carbocycles. The first-order valence-corrected chi connectivity index (χ1v) is 19.0. The van der Waals surface area contributed by atoms with Gasteiger partial charge in [-0.3, -0.25) is 0 Å². The third-order valence-electron chi connectivity index (χ3n) is 11.8. The minimum Gasteiger partial charge on any atom is -0.456 e. The molecule has 254 valence electrons. The van der Waals surface area contributed by atoms with E-state index in [-0.39, 0.29) is 0 Å². The summed E-state index contributed by atoms with van der Waals surface area (Å²) in [6, 6.07) is 71.1. The topological polar surface area (TPSA) is 13.1 Å². The van der Waals surface area contributed by atoms with Crippen LogP contribution in [0.2, 0.25) is 0 Å². The minimum atomic E-state index is 0.896. The molecule has 0 aliphatic carbocycles. The van der Waals surface area contributed by atoms with Crippen LogP contribution in [0.5, 0.6) is 0 Å². The molecule has 0 N–H and O–H groups in total. The van der Waals surface area contributed by atoms with Crippen molar-refractivity contribution in [1.29, 1.82) is 0 Å². The Morgan fingerprint density at radius 3 is 1.51 bits per heavy atom. The van der Waals surface area contributed by atoms with Gasteiger partial charge in [-0.25, -0.2) is 0 Å². The molecule has 0 amide bonds. The van der Waals surface area contributed by atoms with E-state index in [0.717, 1.165) is 27.5 Å². The molecular weight excluding hydrogens is 665 g/mol. The van der Waals surface area contributed by atoms with Gasteiger partial charge >= 0.3 is 0 Å². The van der Waals surface area contributed by atoms with Crippen LogP contribution >= 0.6 is 0 Å². The Hall–Kier alpha value is -7.22. The van der Waals surface area contributed by atoms with Crippen LogP contribution in [0.3, 0.4) is 0 Å². The summed E-state index contributed by atoms with van der Waals surface area (Å²) in [5.41, 5.74) is 11.5. The lowest BCUT2D eigenvalue weighted by molar-refractivity contribution is 0.669. The maximum Gasteiger partial charge on any atom is 0.136 e. The van der Waals surface area contributed by atoms with Crippen molar-refractivity contribution >= 4 is 75.8 Å². The molecular formula is C54H32O. The van der Waals surface area contributed by atoms with E-state index in [1.165, 1.54) is 92.8 Å². The Bertz CT molecular complexity index is 3400. The van der Waals surface area contributed by atoms with Gasteiger partial charge in [0.25, 0.3) is 0 Å². The van der Waals surface area contributed by atoms with E-state index in [0.29, 0.717) is 0 Å². The van der Waals surface area contributed by atoms with Crippen molar-refractivity contribution in [2.75, 3.05) is 0 Å². The molecule has 12 aromatic rings. The highest BCUT2D eigenvalue weighted by Gasteiger charge is 2.23. The lowest BCUT2D eigenvalue weighted by Crippen LogP contribution is -1.94. The van der Waals surface area contributed by atoms with Crippen LogP contribution in [-0.2, 0) is 0 Å². The van der Waals surface area contributed by atoms with Crippen molar-refractivity contribution in [3.8, 4) is 44.5 Å². The summed E-state index contributed by atoms with van der Waals surface area (Å²) in [5, 5.41) is 14.9. The van der Waals surface area contributed by atoms with Crippen LogP contribution in [0.25, 0.3) is 120 Å². The zero-order chi connectivity index (χ0) is 36.0. The summed E-state index contributed by atoms with van der Waals surface area (Å²) < 4.78 is 6.56. The van der Waals surface area contributed by atoms with Crippen LogP contribution in [0.15, 0.2) is 199 Å². The summed E-state index contributed by atoms with van der Waals surface area (Å²) in [5.74, 6) is 0. The Labute approximate surface area is 317 Å². The molecule has 12 rings (SSSR count). The molecule has 11 aromatic carbocycles. The van der Waals surface area contributed by atoms with Gasteiger partial charge in [-0.05, 0) is 117 Å². The first-order chi connectivity index (χ1) is 27.3. The summed E-state index contributed by atoms with van der Waals surface area (Å²) >= 11 is 0. The number of furan rings is 1. The van der Waals surface area contributed by atoms with E-state index >= 15 is 0 Å². The second kappa shape index (κ2) is 11.6. The number of rotatable bonds is 4. The van der Waals surface area contributed by atoms with Gasteiger partial charge in [0.2, 0.25) is 0 Å². The molecule has 0 spiro atoms. The molecule has 0 unspecified atom stereocenters. The second-order valence-corrected chi connectivity index (χ2v) is 14.7. The third kappa shape index (κ3) is 4.41. The normalized spacial score (nSPS) is 12.0. The zero-order valence-corrected chi connectivity index (χ0v) is 29.9. The van der Waals surface area contributed by atoms with Gasteiger partial charge in [0.1, 0.15) is 11.2 Å². The first kappa shape index (κ1) is 30.3. The Balaban J connectivity index is 1.18. The van der Waals surface area contributed by atoms with E-state index < -0.39 is 0 Å². The van der Waals surface area contributed by atoms with Gasteiger partial charge in [0.15, 0.2) is 0 Å². The van der Waals surface area contributed by atoms with Crippen molar-refractivity contribution in [1.82, 2.24) is 0 Å². The molecule has 0 bridgehead atoms. The van der Waals surface area contributed by atoms with Crippen LogP contribution in [0, 0.1) is 0 Å². The quantitative estimate of drug-likeness (QED) is 0.132. The molecule has 0 fully saturated rings. The molecule has 1 aromatic heterocycles. The monoisotopic (exact) mass is 696 g/mol. The molecule has 0 atom stereocenters. The van der Waals surface area contributed by atoms with E-state index in [1.807, 2.05) is 6.07 Å². The lowest BCUT2D eigenvalue weighted by Gasteiger charge is -2.22. The average Bonchev–Trinajstić information content (AvgIpc) is 3.62. The van der Waals surface area contributed by atoms with E-state index in [2.05, 4.69) is 188 Å². The fraction of sp³-hybridized carbons (Fsp3) is 0. The number of fused-ring (bicyclic) bond motifs is 5. The van der Waals surface area contributed by atoms with Gasteiger partial charge in [-0.1, -0.05) is 176 Å². The van der Waals surface area contributed by atoms with Crippen LogP contribution in [0.4, 0.5) is 0 Å². The molecule has 0 aliphatic rings. The largest absolute Gasteiger partial charge is 0.456 e. The SMILES string of the molecule is c1ccc(-c2cc3c(cc2-c2c4ccccc4c(-c4ccccc4-c4ccc5ccc6cccc7ccc4c5c67)c4ccccc24)oc2ccccc23)cc1. The van der Waals surface area contributed by atoms with Gasteiger partial charge in [-0.2, -0.15) is 0 Å². The zero-order valence-electron chi connectivity index (χ0n) is 29.9. The van der Waals surface area contributed by atoms with Gasteiger partial charge in [0, 0.05) is 10.8 Å². The predicted molar refractivity (Wildman–Crippen MR) is 234 cm³/mol. The number of hydrogen-bond acceptors (Lipinski definition) is 1. The van der Waals surface area contributed by atoms with E-state index in [9.17, 15) is 0 Å². The van der Waals surface area contributed by atoms with Crippen molar-refractivity contribution in [2.45, 2.75) is 0 Å². The van der Waals surface area contributed by atoms with E-state index in [1.54, 1.807) is 0 Å². The van der Waals surface area contributed by atoms with Crippen LogP contribution in [-0.4, -0.2) is 0 Å². The third-order valence-corrected chi connectivity index (χ3v) is 11.8. The summed E-state index contributed by atoms with van der Waals surface area (Å²) in [6.07, 6.45) is 0. The molecule has 55 heavy (non-hydrogen) atoms. The summed E-state index contributed by atoms with van der Waals surface area (Å²) in [6.45, 7) is 0. The molecule has 0 aliphatic heterocycles. The van der Waals surface area contributed by atoms with Gasteiger partial charge in [0.05, 0.1) is 0 Å². The molecule has 0 saturated heterocycles. The van der Waals surface area contributed by atoms with Crippen molar-refractivity contribution in [2.24, 2.45) is 0 Å². The standard InChI is InChI=1S/C54H32O/c1-2-13-33(14-3-1)46-31-47-39-18-10-11-24-49(39)55-50(47)32-48(46)54-43-22-8-6-20-41(43)53(42-21-7-9-23-44(42)54)40-19-5-4-17-37(40)38-29-27-36-26-25-34-15-12-16-35-28-30-45(38)52(36)51(34)35/h1-32H. The van der Waals surface area contributed by atoms with Crippen molar-refractivity contribution in [3.05, 3.63) is 194 Å². The lowest BCUT2D eigenvalue weighted by atomic mass is 9.81. The number of hydrogen-bond donors (Lipinski definition) is 0. The Kier molecular flexibility index (Phi) is 6.40. The minimum absolute atomic E-state index is 0.896. The van der Waals surface area contributed by atoms with Gasteiger partial charge in [-0.15, -0.1) is 0 Å². The highest BCUT2D eigenvalue weighted by atomic mass is 16.3. The summed E-state index contributed by atoms with van der Waals surface area (Å²) in [4.78, 5) is 0. The smallest absolute Gasteiger partial charge is 0.136 e. The Morgan fingerprint density at radius 2 is 0.800 bits per heavy atom. The van der Waals surface area contributed by atoms with Crippen LogP contribution < -0.4 is 0 Å². The average molecular weight is 697 g/mol. The maximum absolute atomic E-state index is 6.56. The molecule has 1 heteroatoms. The fourth-order valence-electron chi connectivity index (χ4n) is 9.45. The van der Waals surface area contributed by atoms with Gasteiger partial charge < -0.3 is 4.42 Å². The highest BCUT2D eigenvalue weighted by molar-refractivity contribution is 6.28. The molecule has 0 radical (unpaired) electrons. The number of para-hydroxylation sites is 1. The van der Waals surface area contributed by atoms with Crippen molar-refractivity contribution < 1.29 is 4.42 Å². The van der Waals surface area contributed by atoms with Crippen molar-refractivity contribution in [3.63, 3.8) is 0 Å².